The van der Waals surface area contributed by atoms with Crippen LogP contribution in [0.5, 0.6) is 0 Å². The van der Waals surface area contributed by atoms with Gasteiger partial charge in [-0.2, -0.15) is 0 Å². The van der Waals surface area contributed by atoms with Crippen molar-refractivity contribution < 1.29 is 14.1 Å². The zero-order valence-electron chi connectivity index (χ0n) is 19.2. The molecule has 0 radical (unpaired) electrons. The number of aromatic nitrogens is 1. The van der Waals surface area contributed by atoms with Gasteiger partial charge in [0, 0.05) is 44.2 Å². The van der Waals surface area contributed by atoms with Crippen LogP contribution in [0.2, 0.25) is 0 Å². The molecule has 1 aromatic heterocycles. The van der Waals surface area contributed by atoms with Gasteiger partial charge in [-0.1, -0.05) is 72.2 Å². The van der Waals surface area contributed by atoms with Crippen LogP contribution in [-0.4, -0.2) is 65.5 Å². The summed E-state index contributed by atoms with van der Waals surface area (Å²) in [5, 5.41) is 6.86. The Morgan fingerprint density at radius 1 is 1.03 bits per heavy atom. The summed E-state index contributed by atoms with van der Waals surface area (Å²) in [5.41, 5.74) is 3.13. The highest BCUT2D eigenvalue weighted by molar-refractivity contribution is 5.96. The lowest BCUT2D eigenvalue weighted by atomic mass is 10.0. The molecule has 1 aliphatic rings. The summed E-state index contributed by atoms with van der Waals surface area (Å²) in [5.74, 6) is 0.0329. The number of rotatable bonds is 7. The standard InChI is InChI=1S/C26H30N4O3/c1-3-29-13-15-30(16-14-29)26(32)23(17-20-7-5-4-6-8-20)27-25(31)22-18-24(33-28-22)21-11-9-19(2)10-12-21/h4-12,18,23H,3,13-17H2,1-2H3,(H,27,31)/t23-/m1/s1. The highest BCUT2D eigenvalue weighted by atomic mass is 16.5. The molecule has 4 rings (SSSR count). The van der Waals surface area contributed by atoms with Crippen molar-refractivity contribution in [2.45, 2.75) is 26.3 Å². The summed E-state index contributed by atoms with van der Waals surface area (Å²) in [7, 11) is 0. The van der Waals surface area contributed by atoms with Gasteiger partial charge in [0.15, 0.2) is 11.5 Å². The lowest BCUT2D eigenvalue weighted by molar-refractivity contribution is -0.135. The van der Waals surface area contributed by atoms with Gasteiger partial charge in [0.05, 0.1) is 0 Å². The molecular formula is C26H30N4O3. The van der Waals surface area contributed by atoms with Gasteiger partial charge in [-0.05, 0) is 19.0 Å². The molecule has 7 nitrogen and oxygen atoms in total. The number of carbonyl (C=O) groups excluding carboxylic acids is 2. The number of likely N-dealkylation sites (N-methyl/N-ethyl adjacent to an activating group) is 1. The molecule has 1 aliphatic heterocycles. The summed E-state index contributed by atoms with van der Waals surface area (Å²) in [4.78, 5) is 30.6. The summed E-state index contributed by atoms with van der Waals surface area (Å²) in [6.45, 7) is 8.12. The Morgan fingerprint density at radius 2 is 1.73 bits per heavy atom. The smallest absolute Gasteiger partial charge is 0.274 e. The fourth-order valence-corrected chi connectivity index (χ4v) is 4.02. The van der Waals surface area contributed by atoms with Gasteiger partial charge in [0.1, 0.15) is 6.04 Å². The molecule has 33 heavy (non-hydrogen) atoms. The Labute approximate surface area is 194 Å². The van der Waals surface area contributed by atoms with E-state index in [2.05, 4.69) is 22.3 Å². The van der Waals surface area contributed by atoms with Crippen molar-refractivity contribution >= 4 is 11.8 Å². The van der Waals surface area contributed by atoms with E-state index in [1.54, 1.807) is 6.07 Å². The third-order valence-corrected chi connectivity index (χ3v) is 6.10. The van der Waals surface area contributed by atoms with E-state index in [4.69, 9.17) is 4.52 Å². The fourth-order valence-electron chi connectivity index (χ4n) is 4.02. The highest BCUT2D eigenvalue weighted by Crippen LogP contribution is 2.21. The number of benzene rings is 2. The van der Waals surface area contributed by atoms with E-state index in [0.717, 1.165) is 36.3 Å². The maximum Gasteiger partial charge on any atom is 0.274 e. The molecule has 172 valence electrons. The lowest BCUT2D eigenvalue weighted by Crippen LogP contribution is -2.55. The molecule has 3 aromatic rings. The Kier molecular flexibility index (Phi) is 7.19. The van der Waals surface area contributed by atoms with Crippen LogP contribution in [0, 0.1) is 6.92 Å². The van der Waals surface area contributed by atoms with E-state index in [1.165, 1.54) is 0 Å². The minimum absolute atomic E-state index is 0.0646. The van der Waals surface area contributed by atoms with Gasteiger partial charge in [-0.3, -0.25) is 9.59 Å². The number of carbonyl (C=O) groups is 2. The second kappa shape index (κ2) is 10.4. The Bertz CT molecular complexity index is 1070. The van der Waals surface area contributed by atoms with Crippen molar-refractivity contribution in [1.29, 1.82) is 0 Å². The third kappa shape index (κ3) is 5.68. The van der Waals surface area contributed by atoms with E-state index < -0.39 is 11.9 Å². The molecule has 2 amide bonds. The molecule has 7 heteroatoms. The van der Waals surface area contributed by atoms with Crippen LogP contribution in [0.3, 0.4) is 0 Å². The molecule has 0 bridgehead atoms. The first-order valence-corrected chi connectivity index (χ1v) is 11.4. The van der Waals surface area contributed by atoms with E-state index in [0.29, 0.717) is 25.3 Å². The molecule has 0 aliphatic carbocycles. The topological polar surface area (TPSA) is 78.7 Å². The minimum atomic E-state index is -0.674. The second-order valence-corrected chi connectivity index (χ2v) is 8.42. The van der Waals surface area contributed by atoms with Crippen molar-refractivity contribution in [2.24, 2.45) is 0 Å². The van der Waals surface area contributed by atoms with Crippen LogP contribution in [0.1, 0.15) is 28.5 Å². The van der Waals surface area contributed by atoms with Crippen molar-refractivity contribution in [3.05, 3.63) is 77.5 Å². The van der Waals surface area contributed by atoms with Crippen LogP contribution in [0.15, 0.2) is 65.2 Å². The predicted molar refractivity (Wildman–Crippen MR) is 127 cm³/mol. The van der Waals surface area contributed by atoms with Crippen molar-refractivity contribution in [1.82, 2.24) is 20.3 Å². The average Bonchev–Trinajstić information content (AvgIpc) is 3.35. The van der Waals surface area contributed by atoms with Gasteiger partial charge in [-0.25, -0.2) is 0 Å². The van der Waals surface area contributed by atoms with Gasteiger partial charge in [-0.15, -0.1) is 0 Å². The van der Waals surface area contributed by atoms with E-state index in [-0.39, 0.29) is 11.6 Å². The van der Waals surface area contributed by atoms with Crippen LogP contribution >= 0.6 is 0 Å². The molecule has 1 fully saturated rings. The number of amides is 2. The molecule has 0 spiro atoms. The number of hydrogen-bond donors (Lipinski definition) is 1. The number of hydrogen-bond acceptors (Lipinski definition) is 5. The van der Waals surface area contributed by atoms with E-state index in [1.807, 2.05) is 66.4 Å². The van der Waals surface area contributed by atoms with Crippen molar-refractivity contribution in [3.8, 4) is 11.3 Å². The van der Waals surface area contributed by atoms with E-state index in [9.17, 15) is 9.59 Å². The Morgan fingerprint density at radius 3 is 2.39 bits per heavy atom. The molecule has 0 unspecified atom stereocenters. The normalized spacial score (nSPS) is 15.3. The molecule has 2 aromatic carbocycles. The van der Waals surface area contributed by atoms with Gasteiger partial charge < -0.3 is 19.6 Å². The maximum atomic E-state index is 13.4. The minimum Gasteiger partial charge on any atom is -0.355 e. The molecule has 1 N–H and O–H groups in total. The number of nitrogens with one attached hydrogen (secondary N) is 1. The average molecular weight is 447 g/mol. The molecule has 1 atom stereocenters. The quantitative estimate of drug-likeness (QED) is 0.603. The van der Waals surface area contributed by atoms with Gasteiger partial charge in [0.25, 0.3) is 5.91 Å². The molecule has 0 saturated carbocycles. The van der Waals surface area contributed by atoms with Crippen LogP contribution in [-0.2, 0) is 11.2 Å². The number of aryl methyl sites for hydroxylation is 1. The molecule has 2 heterocycles. The van der Waals surface area contributed by atoms with Gasteiger partial charge >= 0.3 is 0 Å². The number of nitrogens with zero attached hydrogens (tertiary/aromatic N) is 3. The summed E-state index contributed by atoms with van der Waals surface area (Å²) in [6.07, 6.45) is 0.419. The largest absolute Gasteiger partial charge is 0.355 e. The first kappa shape index (κ1) is 22.7. The first-order valence-electron chi connectivity index (χ1n) is 11.4. The maximum absolute atomic E-state index is 13.4. The van der Waals surface area contributed by atoms with E-state index >= 15 is 0 Å². The van der Waals surface area contributed by atoms with Crippen molar-refractivity contribution in [2.75, 3.05) is 32.7 Å². The fraction of sp³-hybridized carbons (Fsp3) is 0.346. The first-order chi connectivity index (χ1) is 16.0. The zero-order valence-corrected chi connectivity index (χ0v) is 19.2. The number of piperazine rings is 1. The summed E-state index contributed by atoms with van der Waals surface area (Å²) >= 11 is 0. The summed E-state index contributed by atoms with van der Waals surface area (Å²) < 4.78 is 5.40. The second-order valence-electron chi connectivity index (χ2n) is 8.42. The zero-order chi connectivity index (χ0) is 23.2. The third-order valence-electron chi connectivity index (χ3n) is 6.10. The highest BCUT2D eigenvalue weighted by Gasteiger charge is 2.29. The SMILES string of the molecule is CCN1CCN(C(=O)[C@@H](Cc2ccccc2)NC(=O)c2cc(-c3ccc(C)cc3)on2)CC1. The lowest BCUT2D eigenvalue weighted by Gasteiger charge is -2.36. The Balaban J connectivity index is 1.49. The van der Waals surface area contributed by atoms with Crippen LogP contribution < -0.4 is 5.32 Å². The summed E-state index contributed by atoms with van der Waals surface area (Å²) in [6, 6.07) is 18.5. The molecular weight excluding hydrogens is 416 g/mol. The Hall–Kier alpha value is -3.45. The van der Waals surface area contributed by atoms with Crippen LogP contribution in [0.4, 0.5) is 0 Å². The monoisotopic (exact) mass is 446 g/mol. The predicted octanol–water partition coefficient (Wildman–Crippen LogP) is 3.16. The molecule has 1 saturated heterocycles. The van der Waals surface area contributed by atoms with Crippen molar-refractivity contribution in [3.63, 3.8) is 0 Å². The van der Waals surface area contributed by atoms with Gasteiger partial charge in [0.2, 0.25) is 5.91 Å². The van der Waals surface area contributed by atoms with Crippen LogP contribution in [0.25, 0.3) is 11.3 Å².